The second-order valence-corrected chi connectivity index (χ2v) is 5.11. The van der Waals surface area contributed by atoms with Crippen molar-refractivity contribution in [1.29, 1.82) is 0 Å². The third-order valence-corrected chi connectivity index (χ3v) is 3.74. The predicted molar refractivity (Wildman–Crippen MR) is 74.6 cm³/mol. The lowest BCUT2D eigenvalue weighted by Crippen LogP contribution is -2.41. The minimum Gasteiger partial charge on any atom is -0.384 e. The number of aliphatic hydroxyl groups excluding tert-OH is 1. The van der Waals surface area contributed by atoms with Gasteiger partial charge in [-0.2, -0.15) is 0 Å². The summed E-state index contributed by atoms with van der Waals surface area (Å²) in [7, 11) is 0. The summed E-state index contributed by atoms with van der Waals surface area (Å²) in [4.78, 5) is 12.1. The Hall–Kier alpha value is -1.86. The molecule has 0 saturated heterocycles. The quantitative estimate of drug-likeness (QED) is 0.830. The zero-order chi connectivity index (χ0) is 14.5. The van der Waals surface area contributed by atoms with Gasteiger partial charge in [0.05, 0.1) is 5.56 Å². The average molecular weight is 275 g/mol. The van der Waals surface area contributed by atoms with Crippen molar-refractivity contribution in [2.24, 2.45) is 5.92 Å². The normalized spacial score (nSPS) is 15.8. The molecule has 0 heterocycles. The first-order valence-electron chi connectivity index (χ1n) is 6.82. The summed E-state index contributed by atoms with van der Waals surface area (Å²) in [5.41, 5.74) is 0.516. The van der Waals surface area contributed by atoms with Crippen molar-refractivity contribution >= 4 is 5.91 Å². The van der Waals surface area contributed by atoms with Crippen LogP contribution in [0.2, 0.25) is 0 Å². The molecule has 0 bridgehead atoms. The Balaban J connectivity index is 2.11. The first-order chi connectivity index (χ1) is 9.61. The van der Waals surface area contributed by atoms with Gasteiger partial charge in [-0.1, -0.05) is 18.3 Å². The molecule has 1 saturated carbocycles. The van der Waals surface area contributed by atoms with E-state index in [0.29, 0.717) is 11.5 Å². The number of hydrogen-bond acceptors (Lipinski definition) is 2. The highest BCUT2D eigenvalue weighted by atomic mass is 19.1. The topological polar surface area (TPSA) is 49.3 Å². The fourth-order valence-corrected chi connectivity index (χ4v) is 2.26. The number of benzene rings is 1. The SMILES string of the molecule is CC(NC(=O)c1cc(C#CCO)ccc1F)C1CCC1. The highest BCUT2D eigenvalue weighted by Gasteiger charge is 2.25. The van der Waals surface area contributed by atoms with E-state index in [0.717, 1.165) is 12.8 Å². The summed E-state index contributed by atoms with van der Waals surface area (Å²) in [5, 5.41) is 11.5. The van der Waals surface area contributed by atoms with Crippen LogP contribution >= 0.6 is 0 Å². The molecule has 1 aliphatic carbocycles. The summed E-state index contributed by atoms with van der Waals surface area (Å²) in [6.07, 6.45) is 3.43. The Morgan fingerprint density at radius 3 is 2.90 bits per heavy atom. The van der Waals surface area contributed by atoms with Gasteiger partial charge in [-0.3, -0.25) is 4.79 Å². The number of aliphatic hydroxyl groups is 1. The number of carbonyl (C=O) groups is 1. The van der Waals surface area contributed by atoms with E-state index in [2.05, 4.69) is 17.2 Å². The number of amides is 1. The van der Waals surface area contributed by atoms with E-state index < -0.39 is 11.7 Å². The number of halogens is 1. The summed E-state index contributed by atoms with van der Waals surface area (Å²) < 4.78 is 13.7. The minimum absolute atomic E-state index is 0.000846. The van der Waals surface area contributed by atoms with Gasteiger partial charge in [0.25, 0.3) is 5.91 Å². The van der Waals surface area contributed by atoms with Crippen LogP contribution in [0.5, 0.6) is 0 Å². The van der Waals surface area contributed by atoms with Crippen LogP contribution in [-0.2, 0) is 0 Å². The number of rotatable bonds is 3. The lowest BCUT2D eigenvalue weighted by atomic mass is 9.80. The van der Waals surface area contributed by atoms with Crippen molar-refractivity contribution in [2.75, 3.05) is 6.61 Å². The van der Waals surface area contributed by atoms with Crippen molar-refractivity contribution in [2.45, 2.75) is 32.2 Å². The van der Waals surface area contributed by atoms with Gasteiger partial charge < -0.3 is 10.4 Å². The van der Waals surface area contributed by atoms with Gasteiger partial charge in [0.15, 0.2) is 0 Å². The Morgan fingerprint density at radius 2 is 2.30 bits per heavy atom. The van der Waals surface area contributed by atoms with Crippen LogP contribution in [0.4, 0.5) is 4.39 Å². The van der Waals surface area contributed by atoms with E-state index in [1.165, 1.54) is 24.6 Å². The van der Waals surface area contributed by atoms with Crippen molar-refractivity contribution < 1.29 is 14.3 Å². The molecule has 2 N–H and O–H groups in total. The van der Waals surface area contributed by atoms with Crippen LogP contribution in [0.3, 0.4) is 0 Å². The molecule has 1 aromatic carbocycles. The maximum absolute atomic E-state index is 13.7. The van der Waals surface area contributed by atoms with Gasteiger partial charge in [-0.05, 0) is 43.9 Å². The first kappa shape index (κ1) is 14.5. The lowest BCUT2D eigenvalue weighted by Gasteiger charge is -2.31. The van der Waals surface area contributed by atoms with E-state index in [1.54, 1.807) is 0 Å². The minimum atomic E-state index is -0.558. The molecule has 2 rings (SSSR count). The molecule has 1 fully saturated rings. The van der Waals surface area contributed by atoms with Crippen molar-refractivity contribution in [3.05, 3.63) is 35.1 Å². The zero-order valence-electron chi connectivity index (χ0n) is 11.4. The Bertz CT molecular complexity index is 555. The van der Waals surface area contributed by atoms with Gasteiger partial charge in [0.2, 0.25) is 0 Å². The summed E-state index contributed by atoms with van der Waals surface area (Å²) in [6.45, 7) is 1.69. The fourth-order valence-electron chi connectivity index (χ4n) is 2.26. The standard InChI is InChI=1S/C16H18FNO2/c1-11(13-5-2-6-13)18-16(20)14-10-12(4-3-9-19)7-8-15(14)17/h7-8,10-11,13,19H,2,5-6,9H2,1H3,(H,18,20). The summed E-state index contributed by atoms with van der Waals surface area (Å²) >= 11 is 0. The second-order valence-electron chi connectivity index (χ2n) is 5.11. The molecule has 1 atom stereocenters. The predicted octanol–water partition coefficient (Wildman–Crippen LogP) is 2.09. The van der Waals surface area contributed by atoms with Crippen LogP contribution in [0.25, 0.3) is 0 Å². The molecule has 1 aromatic rings. The summed E-state index contributed by atoms with van der Waals surface area (Å²) in [5.74, 6) is 4.68. The molecule has 106 valence electrons. The molecule has 0 aromatic heterocycles. The Kier molecular flexibility index (Phi) is 4.75. The van der Waals surface area contributed by atoms with Crippen molar-refractivity contribution in [3.63, 3.8) is 0 Å². The Labute approximate surface area is 118 Å². The van der Waals surface area contributed by atoms with Crippen LogP contribution < -0.4 is 5.32 Å². The molecule has 0 radical (unpaired) electrons. The van der Waals surface area contributed by atoms with E-state index in [9.17, 15) is 9.18 Å². The van der Waals surface area contributed by atoms with Gasteiger partial charge in [-0.15, -0.1) is 0 Å². The second kappa shape index (κ2) is 6.53. The van der Waals surface area contributed by atoms with Gasteiger partial charge in [0.1, 0.15) is 12.4 Å². The van der Waals surface area contributed by atoms with Crippen LogP contribution in [0, 0.1) is 23.6 Å². The third kappa shape index (κ3) is 3.37. The van der Waals surface area contributed by atoms with E-state index in [4.69, 9.17) is 5.11 Å². The van der Waals surface area contributed by atoms with E-state index in [-0.39, 0.29) is 18.2 Å². The smallest absolute Gasteiger partial charge is 0.254 e. The fraction of sp³-hybridized carbons (Fsp3) is 0.438. The van der Waals surface area contributed by atoms with Crippen LogP contribution in [0.1, 0.15) is 42.1 Å². The number of carbonyl (C=O) groups excluding carboxylic acids is 1. The number of nitrogens with one attached hydrogen (secondary N) is 1. The average Bonchev–Trinajstić information content (AvgIpc) is 2.35. The molecule has 3 nitrogen and oxygen atoms in total. The van der Waals surface area contributed by atoms with Crippen LogP contribution in [0.15, 0.2) is 18.2 Å². The highest BCUT2D eigenvalue weighted by molar-refractivity contribution is 5.95. The molecular formula is C16H18FNO2. The molecule has 1 aliphatic rings. The van der Waals surface area contributed by atoms with Gasteiger partial charge in [0, 0.05) is 11.6 Å². The molecule has 20 heavy (non-hydrogen) atoms. The van der Waals surface area contributed by atoms with E-state index >= 15 is 0 Å². The molecule has 1 amide bonds. The first-order valence-corrected chi connectivity index (χ1v) is 6.82. The maximum atomic E-state index is 13.7. The monoisotopic (exact) mass is 275 g/mol. The highest BCUT2D eigenvalue weighted by Crippen LogP contribution is 2.29. The molecule has 1 unspecified atom stereocenters. The van der Waals surface area contributed by atoms with E-state index in [1.807, 2.05) is 6.92 Å². The third-order valence-electron chi connectivity index (χ3n) is 3.74. The molecule has 0 spiro atoms. The summed E-state index contributed by atoms with van der Waals surface area (Å²) in [6, 6.07) is 4.19. The van der Waals surface area contributed by atoms with Gasteiger partial charge >= 0.3 is 0 Å². The van der Waals surface area contributed by atoms with Gasteiger partial charge in [-0.25, -0.2) is 4.39 Å². The number of hydrogen-bond donors (Lipinski definition) is 2. The van der Waals surface area contributed by atoms with Crippen LogP contribution in [-0.4, -0.2) is 23.7 Å². The molecule has 0 aliphatic heterocycles. The van der Waals surface area contributed by atoms with Crippen molar-refractivity contribution in [1.82, 2.24) is 5.32 Å². The zero-order valence-corrected chi connectivity index (χ0v) is 11.4. The maximum Gasteiger partial charge on any atom is 0.254 e. The largest absolute Gasteiger partial charge is 0.384 e. The molecule has 4 heteroatoms. The lowest BCUT2D eigenvalue weighted by molar-refractivity contribution is 0.0905. The molecular weight excluding hydrogens is 257 g/mol. The Morgan fingerprint density at radius 1 is 1.55 bits per heavy atom. The van der Waals surface area contributed by atoms with Crippen molar-refractivity contribution in [3.8, 4) is 11.8 Å².